The van der Waals surface area contributed by atoms with Crippen LogP contribution in [0, 0.1) is 6.92 Å². The van der Waals surface area contributed by atoms with Gasteiger partial charge in [0.15, 0.2) is 17.5 Å². The summed E-state index contributed by atoms with van der Waals surface area (Å²) in [4.78, 5) is 4.36. The second-order valence-corrected chi connectivity index (χ2v) is 7.06. The molecule has 1 aliphatic carbocycles. The Bertz CT molecular complexity index is 819. The van der Waals surface area contributed by atoms with Crippen molar-refractivity contribution in [1.82, 2.24) is 10.6 Å². The summed E-state index contributed by atoms with van der Waals surface area (Å²) in [6.07, 6.45) is 2.44. The van der Waals surface area contributed by atoms with Gasteiger partial charge in [0.05, 0.1) is 14.2 Å². The lowest BCUT2D eigenvalue weighted by atomic mass is 9.92. The number of aliphatic imine (C=N–C) groups is 1. The Kier molecular flexibility index (Phi) is 7.98. The van der Waals surface area contributed by atoms with E-state index in [1.54, 1.807) is 21.3 Å². The van der Waals surface area contributed by atoms with Gasteiger partial charge in [0, 0.05) is 25.6 Å². The number of guanidine groups is 1. The van der Waals surface area contributed by atoms with Gasteiger partial charge in [0.1, 0.15) is 0 Å². The van der Waals surface area contributed by atoms with E-state index in [0.717, 1.165) is 29.6 Å². The predicted octanol–water partition coefficient (Wildman–Crippen LogP) is 4.03. The Morgan fingerprint density at radius 1 is 1.04 bits per heavy atom. The number of hydrogen-bond donors (Lipinski definition) is 2. The third-order valence-electron chi connectivity index (χ3n) is 5.30. The van der Waals surface area contributed by atoms with Crippen molar-refractivity contribution in [2.24, 2.45) is 4.99 Å². The van der Waals surface area contributed by atoms with Crippen molar-refractivity contribution < 1.29 is 9.47 Å². The highest BCUT2D eigenvalue weighted by Gasteiger charge is 2.44. The lowest BCUT2D eigenvalue weighted by Gasteiger charge is -2.21. The number of ether oxygens (including phenoxy) is 2. The average Bonchev–Trinajstić information content (AvgIpc) is 3.49. The molecule has 28 heavy (non-hydrogen) atoms. The molecule has 1 fully saturated rings. The van der Waals surface area contributed by atoms with Crippen molar-refractivity contribution in [1.29, 1.82) is 0 Å². The van der Waals surface area contributed by atoms with Gasteiger partial charge in [-0.05, 0) is 48.6 Å². The molecule has 2 aromatic carbocycles. The molecule has 0 spiro atoms. The van der Waals surface area contributed by atoms with E-state index >= 15 is 0 Å². The number of benzene rings is 2. The lowest BCUT2D eigenvalue weighted by Crippen LogP contribution is -2.41. The lowest BCUT2D eigenvalue weighted by molar-refractivity contribution is 0.354. The maximum atomic E-state index is 5.37. The maximum Gasteiger partial charge on any atom is 0.191 e. The molecule has 0 unspecified atom stereocenters. The zero-order valence-corrected chi connectivity index (χ0v) is 19.4. The van der Waals surface area contributed by atoms with Gasteiger partial charge in [0.25, 0.3) is 0 Å². The minimum atomic E-state index is 0. The van der Waals surface area contributed by atoms with Crippen LogP contribution in [0.25, 0.3) is 0 Å². The third kappa shape index (κ3) is 5.10. The molecular formula is C22H30IN3O2. The molecule has 0 saturated heterocycles. The molecule has 1 saturated carbocycles. The van der Waals surface area contributed by atoms with Crippen LogP contribution in [0.3, 0.4) is 0 Å². The number of nitrogens with one attached hydrogen (secondary N) is 2. The monoisotopic (exact) mass is 495 g/mol. The Hall–Kier alpha value is -1.96. The fraction of sp³-hybridized carbons (Fsp3) is 0.409. The highest BCUT2D eigenvalue weighted by atomic mass is 127. The van der Waals surface area contributed by atoms with Gasteiger partial charge in [-0.2, -0.15) is 0 Å². The molecule has 152 valence electrons. The molecule has 2 N–H and O–H groups in total. The van der Waals surface area contributed by atoms with E-state index in [1.807, 2.05) is 18.2 Å². The normalized spacial score (nSPS) is 14.6. The number of hydrogen-bond acceptors (Lipinski definition) is 3. The molecule has 0 heterocycles. The first-order chi connectivity index (χ1) is 13.1. The van der Waals surface area contributed by atoms with Gasteiger partial charge >= 0.3 is 0 Å². The molecule has 5 nitrogen and oxygen atoms in total. The van der Waals surface area contributed by atoms with E-state index in [4.69, 9.17) is 9.47 Å². The number of methoxy groups -OCH3 is 2. The minimum absolute atomic E-state index is 0. The second-order valence-electron chi connectivity index (χ2n) is 7.06. The van der Waals surface area contributed by atoms with E-state index in [9.17, 15) is 0 Å². The molecule has 0 aromatic heterocycles. The molecule has 0 bridgehead atoms. The largest absolute Gasteiger partial charge is 0.493 e. The van der Waals surface area contributed by atoms with Crippen LogP contribution in [0.1, 0.15) is 29.5 Å². The fourth-order valence-electron chi connectivity index (χ4n) is 3.51. The predicted molar refractivity (Wildman–Crippen MR) is 125 cm³/mol. The van der Waals surface area contributed by atoms with Crippen LogP contribution in [-0.2, 0) is 12.0 Å². The molecular weight excluding hydrogens is 465 g/mol. The SMILES string of the molecule is CN=C(NCc1ccc(OC)c(OC)c1)NCC1(c2ccccc2C)CC1.I. The van der Waals surface area contributed by atoms with Crippen LogP contribution < -0.4 is 20.1 Å². The van der Waals surface area contributed by atoms with Crippen molar-refractivity contribution >= 4 is 29.9 Å². The summed E-state index contributed by atoms with van der Waals surface area (Å²) in [6.45, 7) is 3.75. The maximum absolute atomic E-state index is 5.37. The second kappa shape index (κ2) is 10.0. The van der Waals surface area contributed by atoms with Crippen molar-refractivity contribution in [3.05, 3.63) is 59.2 Å². The zero-order valence-electron chi connectivity index (χ0n) is 17.0. The molecule has 2 aromatic rings. The smallest absolute Gasteiger partial charge is 0.191 e. The Morgan fingerprint density at radius 2 is 1.75 bits per heavy atom. The van der Waals surface area contributed by atoms with Crippen molar-refractivity contribution in [3.63, 3.8) is 0 Å². The van der Waals surface area contributed by atoms with Crippen molar-refractivity contribution in [2.45, 2.75) is 31.7 Å². The Labute approximate surface area is 184 Å². The molecule has 0 aliphatic heterocycles. The van der Waals surface area contributed by atoms with E-state index in [1.165, 1.54) is 24.0 Å². The third-order valence-corrected chi connectivity index (χ3v) is 5.30. The number of aryl methyl sites for hydroxylation is 1. The van der Waals surface area contributed by atoms with Crippen LogP contribution in [-0.4, -0.2) is 33.8 Å². The topological polar surface area (TPSA) is 54.9 Å². The van der Waals surface area contributed by atoms with E-state index in [0.29, 0.717) is 6.54 Å². The Balaban J connectivity index is 0.00000280. The van der Waals surface area contributed by atoms with Gasteiger partial charge in [0.2, 0.25) is 0 Å². The quantitative estimate of drug-likeness (QED) is 0.346. The molecule has 0 amide bonds. The summed E-state index contributed by atoms with van der Waals surface area (Å²) >= 11 is 0. The molecule has 0 atom stereocenters. The van der Waals surface area contributed by atoms with Gasteiger partial charge in [-0.1, -0.05) is 30.3 Å². The van der Waals surface area contributed by atoms with Crippen molar-refractivity contribution in [2.75, 3.05) is 27.8 Å². The minimum Gasteiger partial charge on any atom is -0.493 e. The van der Waals surface area contributed by atoms with Crippen LogP contribution in [0.15, 0.2) is 47.5 Å². The van der Waals surface area contributed by atoms with Crippen molar-refractivity contribution in [3.8, 4) is 11.5 Å². The summed E-state index contributed by atoms with van der Waals surface area (Å²) in [7, 11) is 5.09. The first-order valence-electron chi connectivity index (χ1n) is 9.33. The first kappa shape index (κ1) is 22.3. The number of nitrogens with zero attached hydrogens (tertiary/aromatic N) is 1. The summed E-state index contributed by atoms with van der Waals surface area (Å²) in [5, 5.41) is 6.89. The van der Waals surface area contributed by atoms with E-state index in [-0.39, 0.29) is 29.4 Å². The highest BCUT2D eigenvalue weighted by molar-refractivity contribution is 14.0. The van der Waals surface area contributed by atoms with Gasteiger partial charge in [-0.3, -0.25) is 4.99 Å². The van der Waals surface area contributed by atoms with Gasteiger partial charge in [-0.25, -0.2) is 0 Å². The molecule has 0 radical (unpaired) electrons. The first-order valence-corrected chi connectivity index (χ1v) is 9.33. The van der Waals surface area contributed by atoms with Crippen LogP contribution in [0.5, 0.6) is 11.5 Å². The average molecular weight is 495 g/mol. The van der Waals surface area contributed by atoms with Crippen LogP contribution in [0.2, 0.25) is 0 Å². The highest BCUT2D eigenvalue weighted by Crippen LogP contribution is 2.48. The fourth-order valence-corrected chi connectivity index (χ4v) is 3.51. The van der Waals surface area contributed by atoms with Crippen LogP contribution in [0.4, 0.5) is 0 Å². The van der Waals surface area contributed by atoms with Crippen LogP contribution >= 0.6 is 24.0 Å². The standard InChI is InChI=1S/C22H29N3O2.HI/c1-16-7-5-6-8-18(16)22(11-12-22)15-25-21(23-2)24-14-17-9-10-19(26-3)20(13-17)27-4;/h5-10,13H,11-12,14-15H2,1-4H3,(H2,23,24,25);1H. The van der Waals surface area contributed by atoms with E-state index in [2.05, 4.69) is 46.8 Å². The summed E-state index contributed by atoms with van der Waals surface area (Å²) in [5.74, 6) is 2.28. The molecule has 6 heteroatoms. The number of rotatable bonds is 7. The summed E-state index contributed by atoms with van der Waals surface area (Å²) < 4.78 is 10.7. The number of halogens is 1. The zero-order chi connectivity index (χ0) is 19.3. The summed E-state index contributed by atoms with van der Waals surface area (Å²) in [6, 6.07) is 14.6. The molecule has 3 rings (SSSR count). The van der Waals surface area contributed by atoms with Gasteiger partial charge < -0.3 is 20.1 Å². The van der Waals surface area contributed by atoms with E-state index < -0.39 is 0 Å². The Morgan fingerprint density at radius 3 is 2.36 bits per heavy atom. The molecule has 1 aliphatic rings. The van der Waals surface area contributed by atoms with Gasteiger partial charge in [-0.15, -0.1) is 24.0 Å². The summed E-state index contributed by atoms with van der Waals surface area (Å²) in [5.41, 5.74) is 4.17.